The summed E-state index contributed by atoms with van der Waals surface area (Å²) in [5, 5.41) is 13.5. The number of para-hydroxylation sites is 2. The molecule has 1 fully saturated rings. The summed E-state index contributed by atoms with van der Waals surface area (Å²) in [6.45, 7) is 13.1. The number of nitrogens with one attached hydrogen (secondary N) is 1. The Morgan fingerprint density at radius 2 is 1.86 bits per heavy atom. The van der Waals surface area contributed by atoms with Gasteiger partial charge in [-0.3, -0.25) is 4.99 Å². The number of halogens is 1. The van der Waals surface area contributed by atoms with E-state index in [-0.39, 0.29) is 24.0 Å². The predicted molar refractivity (Wildman–Crippen MR) is 130 cm³/mol. The number of guanidine groups is 1. The first-order chi connectivity index (χ1) is 13.0. The minimum atomic E-state index is 0. The standard InChI is InChI=1S/C21H37N5O.HI/c1-5-22-21(23-12-8-9-13-24(4)18(2)3)26-16-14-25(15-17-26)19-10-6-7-11-20(19)27;/h6-7,10-11,18,27H,5,8-9,12-17H2,1-4H3,(H,22,23);1H. The van der Waals surface area contributed by atoms with E-state index in [4.69, 9.17) is 4.99 Å². The first-order valence-electron chi connectivity index (χ1n) is 10.3. The van der Waals surface area contributed by atoms with Crippen LogP contribution in [0.15, 0.2) is 29.3 Å². The lowest BCUT2D eigenvalue weighted by molar-refractivity contribution is 0.269. The number of hydrogen-bond acceptors (Lipinski definition) is 4. The van der Waals surface area contributed by atoms with Gasteiger partial charge in [-0.25, -0.2) is 0 Å². The quantitative estimate of drug-likeness (QED) is 0.247. The molecule has 0 saturated carbocycles. The Balaban J connectivity index is 0.00000392. The van der Waals surface area contributed by atoms with Crippen molar-refractivity contribution >= 4 is 35.6 Å². The molecule has 0 spiro atoms. The number of unbranched alkanes of at least 4 members (excludes halogenated alkanes) is 1. The third-order valence-electron chi connectivity index (χ3n) is 5.20. The molecule has 0 bridgehead atoms. The SMILES string of the molecule is CCNC(=NCCCCN(C)C(C)C)N1CCN(c2ccccc2O)CC1.I. The van der Waals surface area contributed by atoms with Crippen LogP contribution < -0.4 is 10.2 Å². The maximum absolute atomic E-state index is 10.1. The third-order valence-corrected chi connectivity index (χ3v) is 5.20. The summed E-state index contributed by atoms with van der Waals surface area (Å²) >= 11 is 0. The van der Waals surface area contributed by atoms with Crippen molar-refractivity contribution in [3.63, 3.8) is 0 Å². The number of phenols is 1. The van der Waals surface area contributed by atoms with Gasteiger partial charge in [0, 0.05) is 45.3 Å². The Morgan fingerprint density at radius 3 is 2.46 bits per heavy atom. The Bertz CT molecular complexity index is 588. The maximum atomic E-state index is 10.1. The molecule has 0 unspecified atom stereocenters. The lowest BCUT2D eigenvalue weighted by atomic mass is 10.2. The molecular formula is C21H38IN5O. The minimum absolute atomic E-state index is 0. The Kier molecular flexibility index (Phi) is 11.6. The zero-order valence-electron chi connectivity index (χ0n) is 17.9. The number of rotatable bonds is 8. The number of aromatic hydroxyl groups is 1. The molecule has 0 aromatic heterocycles. The normalized spacial score (nSPS) is 15.1. The van der Waals surface area contributed by atoms with Crippen LogP contribution in [0.2, 0.25) is 0 Å². The van der Waals surface area contributed by atoms with E-state index in [0.717, 1.165) is 63.9 Å². The monoisotopic (exact) mass is 503 g/mol. The lowest BCUT2D eigenvalue weighted by Crippen LogP contribution is -2.52. The van der Waals surface area contributed by atoms with Gasteiger partial charge < -0.3 is 25.1 Å². The van der Waals surface area contributed by atoms with Gasteiger partial charge in [-0.05, 0) is 59.3 Å². The Hall–Kier alpha value is -1.22. The van der Waals surface area contributed by atoms with E-state index in [1.54, 1.807) is 6.07 Å². The van der Waals surface area contributed by atoms with Crippen LogP contribution in [0.5, 0.6) is 5.75 Å². The summed E-state index contributed by atoms with van der Waals surface area (Å²) in [6, 6.07) is 8.18. The molecule has 2 rings (SSSR count). The largest absolute Gasteiger partial charge is 0.506 e. The number of nitrogens with zero attached hydrogens (tertiary/aromatic N) is 4. The maximum Gasteiger partial charge on any atom is 0.194 e. The van der Waals surface area contributed by atoms with E-state index in [9.17, 15) is 5.11 Å². The summed E-state index contributed by atoms with van der Waals surface area (Å²) in [4.78, 5) is 11.8. The van der Waals surface area contributed by atoms with E-state index in [0.29, 0.717) is 11.8 Å². The van der Waals surface area contributed by atoms with Crippen LogP contribution in [0.25, 0.3) is 0 Å². The average Bonchev–Trinajstić information content (AvgIpc) is 2.67. The van der Waals surface area contributed by atoms with Crippen LogP contribution in [0, 0.1) is 0 Å². The van der Waals surface area contributed by atoms with Gasteiger partial charge in [-0.2, -0.15) is 0 Å². The highest BCUT2D eigenvalue weighted by Gasteiger charge is 2.21. The second-order valence-electron chi connectivity index (χ2n) is 7.48. The van der Waals surface area contributed by atoms with Crippen molar-refractivity contribution in [2.24, 2.45) is 4.99 Å². The highest BCUT2D eigenvalue weighted by molar-refractivity contribution is 14.0. The summed E-state index contributed by atoms with van der Waals surface area (Å²) in [5.74, 6) is 1.38. The molecule has 1 aromatic carbocycles. The molecule has 1 aromatic rings. The van der Waals surface area contributed by atoms with Gasteiger partial charge in [-0.15, -0.1) is 24.0 Å². The van der Waals surface area contributed by atoms with Crippen LogP contribution in [-0.4, -0.2) is 79.8 Å². The van der Waals surface area contributed by atoms with Crippen molar-refractivity contribution in [1.82, 2.24) is 15.1 Å². The molecule has 1 aliphatic heterocycles. The van der Waals surface area contributed by atoms with Crippen molar-refractivity contribution < 1.29 is 5.11 Å². The number of phenolic OH excluding ortho intramolecular Hbond substituents is 1. The average molecular weight is 503 g/mol. The molecule has 1 saturated heterocycles. The molecule has 2 N–H and O–H groups in total. The highest BCUT2D eigenvalue weighted by Crippen LogP contribution is 2.27. The lowest BCUT2D eigenvalue weighted by Gasteiger charge is -2.37. The molecule has 6 nitrogen and oxygen atoms in total. The van der Waals surface area contributed by atoms with Gasteiger partial charge in [-0.1, -0.05) is 12.1 Å². The van der Waals surface area contributed by atoms with Crippen molar-refractivity contribution in [3.8, 4) is 5.75 Å². The summed E-state index contributed by atoms with van der Waals surface area (Å²) in [5.41, 5.74) is 0.924. The summed E-state index contributed by atoms with van der Waals surface area (Å²) < 4.78 is 0. The van der Waals surface area contributed by atoms with Crippen LogP contribution in [-0.2, 0) is 0 Å². The Labute approximate surface area is 188 Å². The molecule has 1 heterocycles. The minimum Gasteiger partial charge on any atom is -0.506 e. The third kappa shape index (κ3) is 7.66. The predicted octanol–water partition coefficient (Wildman–Crippen LogP) is 3.22. The fourth-order valence-electron chi connectivity index (χ4n) is 3.23. The first kappa shape index (κ1) is 24.8. The van der Waals surface area contributed by atoms with Crippen molar-refractivity contribution in [3.05, 3.63) is 24.3 Å². The molecular weight excluding hydrogens is 465 g/mol. The van der Waals surface area contributed by atoms with Gasteiger partial charge in [0.15, 0.2) is 5.96 Å². The number of benzene rings is 1. The second-order valence-corrected chi connectivity index (χ2v) is 7.48. The highest BCUT2D eigenvalue weighted by atomic mass is 127. The fraction of sp³-hybridized carbons (Fsp3) is 0.667. The zero-order valence-corrected chi connectivity index (χ0v) is 20.2. The van der Waals surface area contributed by atoms with E-state index in [2.05, 4.69) is 47.8 Å². The molecule has 28 heavy (non-hydrogen) atoms. The Morgan fingerprint density at radius 1 is 1.18 bits per heavy atom. The second kappa shape index (κ2) is 13.1. The van der Waals surface area contributed by atoms with Crippen LogP contribution in [0.1, 0.15) is 33.6 Å². The molecule has 160 valence electrons. The number of aliphatic imine (C=N–C) groups is 1. The van der Waals surface area contributed by atoms with Gasteiger partial charge in [0.1, 0.15) is 5.75 Å². The van der Waals surface area contributed by atoms with Gasteiger partial charge >= 0.3 is 0 Å². The number of hydrogen-bond donors (Lipinski definition) is 2. The molecule has 0 aliphatic carbocycles. The van der Waals surface area contributed by atoms with E-state index in [1.165, 1.54) is 6.42 Å². The van der Waals surface area contributed by atoms with Crippen LogP contribution in [0.4, 0.5) is 5.69 Å². The smallest absolute Gasteiger partial charge is 0.194 e. The van der Waals surface area contributed by atoms with Crippen molar-refractivity contribution in [1.29, 1.82) is 0 Å². The van der Waals surface area contributed by atoms with Crippen LogP contribution >= 0.6 is 24.0 Å². The van der Waals surface area contributed by atoms with Crippen molar-refractivity contribution in [2.45, 2.75) is 39.7 Å². The van der Waals surface area contributed by atoms with E-state index in [1.807, 2.05) is 18.2 Å². The van der Waals surface area contributed by atoms with Gasteiger partial charge in [0.25, 0.3) is 0 Å². The molecule has 7 heteroatoms. The zero-order chi connectivity index (χ0) is 19.6. The summed E-state index contributed by atoms with van der Waals surface area (Å²) in [7, 11) is 2.18. The number of piperazine rings is 1. The van der Waals surface area contributed by atoms with E-state index >= 15 is 0 Å². The fourth-order valence-corrected chi connectivity index (χ4v) is 3.23. The van der Waals surface area contributed by atoms with Gasteiger partial charge in [0.05, 0.1) is 5.69 Å². The van der Waals surface area contributed by atoms with E-state index < -0.39 is 0 Å². The molecule has 1 aliphatic rings. The molecule has 0 radical (unpaired) electrons. The molecule has 0 atom stereocenters. The van der Waals surface area contributed by atoms with Crippen LogP contribution in [0.3, 0.4) is 0 Å². The molecule has 0 amide bonds. The topological polar surface area (TPSA) is 54.3 Å². The summed E-state index contributed by atoms with van der Waals surface area (Å²) in [6.07, 6.45) is 2.29. The van der Waals surface area contributed by atoms with Crippen molar-refractivity contribution in [2.75, 3.05) is 57.8 Å². The van der Waals surface area contributed by atoms with Gasteiger partial charge in [0.2, 0.25) is 0 Å². The number of anilines is 1. The first-order valence-corrected chi connectivity index (χ1v) is 10.3.